The maximum atomic E-state index is 12.4. The molecule has 1 aromatic rings. The summed E-state index contributed by atoms with van der Waals surface area (Å²) in [5.41, 5.74) is 1.21. The second kappa shape index (κ2) is 7.38. The van der Waals surface area contributed by atoms with E-state index in [-0.39, 0.29) is 29.4 Å². The van der Waals surface area contributed by atoms with Gasteiger partial charge in [-0.25, -0.2) is 0 Å². The van der Waals surface area contributed by atoms with E-state index in [0.29, 0.717) is 25.9 Å². The minimum Gasteiger partial charge on any atom is -0.345 e. The third-order valence-corrected chi connectivity index (χ3v) is 5.70. The van der Waals surface area contributed by atoms with Crippen LogP contribution in [0.25, 0.3) is 0 Å². The molecule has 2 fully saturated rings. The second-order valence-corrected chi connectivity index (χ2v) is 7.45. The molecule has 0 saturated carbocycles. The SMILES string of the molecule is CN1CC2(CCC1=O)CCN(C(=O)C(=O)CCc1ccccc1)CC2. The zero-order chi connectivity index (χ0) is 17.9. The minimum absolute atomic E-state index is 0.131. The van der Waals surface area contributed by atoms with Crippen molar-refractivity contribution < 1.29 is 14.4 Å². The van der Waals surface area contributed by atoms with Crippen LogP contribution < -0.4 is 0 Å². The Balaban J connectivity index is 1.49. The van der Waals surface area contributed by atoms with Crippen molar-refractivity contribution in [2.45, 2.75) is 38.5 Å². The molecule has 0 bridgehead atoms. The van der Waals surface area contributed by atoms with Crippen LogP contribution in [0.3, 0.4) is 0 Å². The number of hydrogen-bond acceptors (Lipinski definition) is 3. The number of nitrogens with zero attached hydrogens (tertiary/aromatic N) is 2. The molecular formula is C20H26N2O3. The first kappa shape index (κ1) is 17.6. The topological polar surface area (TPSA) is 57.7 Å². The van der Waals surface area contributed by atoms with Crippen LogP contribution in [0, 0.1) is 5.41 Å². The van der Waals surface area contributed by atoms with Crippen molar-refractivity contribution in [1.82, 2.24) is 9.80 Å². The summed E-state index contributed by atoms with van der Waals surface area (Å²) in [5.74, 6) is -0.429. The van der Waals surface area contributed by atoms with Gasteiger partial charge in [0.05, 0.1) is 0 Å². The molecule has 1 aromatic carbocycles. The molecule has 2 aliphatic rings. The molecule has 3 rings (SSSR count). The van der Waals surface area contributed by atoms with Crippen LogP contribution >= 0.6 is 0 Å². The van der Waals surface area contributed by atoms with E-state index in [1.54, 1.807) is 4.90 Å². The van der Waals surface area contributed by atoms with Gasteiger partial charge >= 0.3 is 0 Å². The van der Waals surface area contributed by atoms with Crippen molar-refractivity contribution in [2.24, 2.45) is 5.41 Å². The fourth-order valence-electron chi connectivity index (χ4n) is 4.01. The standard InChI is InChI=1S/C20H26N2O3/c1-21-15-20(10-9-18(21)24)11-13-22(14-12-20)19(25)17(23)8-7-16-5-3-2-4-6-16/h2-6H,7-15H2,1H3. The van der Waals surface area contributed by atoms with Crippen LogP contribution in [0.1, 0.15) is 37.7 Å². The average molecular weight is 342 g/mol. The molecular weight excluding hydrogens is 316 g/mol. The first-order valence-electron chi connectivity index (χ1n) is 9.09. The fraction of sp³-hybridized carbons (Fsp3) is 0.550. The average Bonchev–Trinajstić information content (AvgIpc) is 2.64. The summed E-state index contributed by atoms with van der Waals surface area (Å²) in [7, 11) is 1.86. The van der Waals surface area contributed by atoms with Gasteiger partial charge in [0.25, 0.3) is 5.91 Å². The van der Waals surface area contributed by atoms with Crippen molar-refractivity contribution in [2.75, 3.05) is 26.7 Å². The van der Waals surface area contributed by atoms with E-state index in [9.17, 15) is 14.4 Å². The van der Waals surface area contributed by atoms with Crippen molar-refractivity contribution in [3.63, 3.8) is 0 Å². The van der Waals surface area contributed by atoms with E-state index in [4.69, 9.17) is 0 Å². The second-order valence-electron chi connectivity index (χ2n) is 7.45. The van der Waals surface area contributed by atoms with Gasteiger partial charge in [-0.15, -0.1) is 0 Å². The first-order chi connectivity index (χ1) is 12.0. The summed E-state index contributed by atoms with van der Waals surface area (Å²) >= 11 is 0. The summed E-state index contributed by atoms with van der Waals surface area (Å²) in [6.07, 6.45) is 4.13. The highest BCUT2D eigenvalue weighted by molar-refractivity contribution is 6.36. The Morgan fingerprint density at radius 1 is 1.08 bits per heavy atom. The van der Waals surface area contributed by atoms with Gasteiger partial charge in [-0.3, -0.25) is 14.4 Å². The van der Waals surface area contributed by atoms with E-state index in [1.807, 2.05) is 42.3 Å². The van der Waals surface area contributed by atoms with Gasteiger partial charge in [0.15, 0.2) is 0 Å². The van der Waals surface area contributed by atoms with Gasteiger partial charge in [-0.05, 0) is 36.7 Å². The Labute approximate surface area is 149 Å². The molecule has 5 heteroatoms. The number of piperidine rings is 2. The molecule has 0 aliphatic carbocycles. The molecule has 1 spiro atoms. The largest absolute Gasteiger partial charge is 0.345 e. The molecule has 25 heavy (non-hydrogen) atoms. The number of carbonyl (C=O) groups is 3. The maximum absolute atomic E-state index is 12.4. The number of benzene rings is 1. The van der Waals surface area contributed by atoms with Crippen LogP contribution in [-0.2, 0) is 20.8 Å². The molecule has 5 nitrogen and oxygen atoms in total. The summed E-state index contributed by atoms with van der Waals surface area (Å²) < 4.78 is 0. The van der Waals surface area contributed by atoms with Gasteiger partial charge in [0, 0.05) is 39.5 Å². The predicted octanol–water partition coefficient (Wildman–Crippen LogP) is 2.05. The van der Waals surface area contributed by atoms with Crippen molar-refractivity contribution >= 4 is 17.6 Å². The molecule has 2 amide bonds. The number of carbonyl (C=O) groups excluding carboxylic acids is 3. The van der Waals surface area contributed by atoms with Gasteiger partial charge in [-0.1, -0.05) is 30.3 Å². The van der Waals surface area contributed by atoms with E-state index in [1.165, 1.54) is 0 Å². The summed E-state index contributed by atoms with van der Waals surface area (Å²) in [5, 5.41) is 0. The number of ketones is 1. The van der Waals surface area contributed by atoms with E-state index >= 15 is 0 Å². The highest BCUT2D eigenvalue weighted by atomic mass is 16.2. The molecule has 0 N–H and O–H groups in total. The Morgan fingerprint density at radius 3 is 2.40 bits per heavy atom. The number of hydrogen-bond donors (Lipinski definition) is 0. The Kier molecular flexibility index (Phi) is 5.21. The van der Waals surface area contributed by atoms with E-state index in [2.05, 4.69) is 0 Å². The van der Waals surface area contributed by atoms with Gasteiger partial charge in [0.1, 0.15) is 0 Å². The lowest BCUT2D eigenvalue weighted by Gasteiger charge is -2.46. The molecule has 2 heterocycles. The molecule has 134 valence electrons. The highest BCUT2D eigenvalue weighted by Crippen LogP contribution is 2.39. The van der Waals surface area contributed by atoms with Gasteiger partial charge in [0.2, 0.25) is 11.7 Å². The number of rotatable bonds is 4. The van der Waals surface area contributed by atoms with Crippen molar-refractivity contribution in [3.05, 3.63) is 35.9 Å². The van der Waals surface area contributed by atoms with E-state index in [0.717, 1.165) is 31.4 Å². The molecule has 0 unspecified atom stereocenters. The minimum atomic E-state index is -0.342. The Bertz CT molecular complexity index is 648. The van der Waals surface area contributed by atoms with Crippen molar-refractivity contribution in [1.29, 1.82) is 0 Å². The van der Waals surface area contributed by atoms with Crippen molar-refractivity contribution in [3.8, 4) is 0 Å². The highest BCUT2D eigenvalue weighted by Gasteiger charge is 2.41. The molecule has 2 aliphatic heterocycles. The number of aryl methyl sites for hydroxylation is 1. The van der Waals surface area contributed by atoms with Crippen LogP contribution in [-0.4, -0.2) is 54.1 Å². The smallest absolute Gasteiger partial charge is 0.289 e. The van der Waals surface area contributed by atoms with Gasteiger partial charge in [-0.2, -0.15) is 0 Å². The first-order valence-corrected chi connectivity index (χ1v) is 9.09. The quantitative estimate of drug-likeness (QED) is 0.787. The van der Waals surface area contributed by atoms with Crippen LogP contribution in [0.4, 0.5) is 0 Å². The number of Topliss-reactive ketones (excluding diaryl/α,β-unsaturated/α-hetero) is 1. The lowest BCUT2D eigenvalue weighted by atomic mass is 9.72. The normalized spacial score (nSPS) is 20.0. The van der Waals surface area contributed by atoms with Crippen LogP contribution in [0.2, 0.25) is 0 Å². The van der Waals surface area contributed by atoms with Crippen LogP contribution in [0.5, 0.6) is 0 Å². The third kappa shape index (κ3) is 4.09. The molecule has 0 aromatic heterocycles. The lowest BCUT2D eigenvalue weighted by molar-refractivity contribution is -0.147. The predicted molar refractivity (Wildman–Crippen MR) is 94.9 cm³/mol. The summed E-state index contributed by atoms with van der Waals surface area (Å²) in [4.78, 5) is 39.9. The molecule has 0 atom stereocenters. The Morgan fingerprint density at radius 2 is 1.76 bits per heavy atom. The number of likely N-dealkylation sites (tertiary alicyclic amines) is 2. The van der Waals surface area contributed by atoms with Crippen LogP contribution in [0.15, 0.2) is 30.3 Å². The van der Waals surface area contributed by atoms with E-state index < -0.39 is 0 Å². The monoisotopic (exact) mass is 342 g/mol. The zero-order valence-electron chi connectivity index (χ0n) is 14.9. The Hall–Kier alpha value is -2.17. The number of amides is 2. The lowest BCUT2D eigenvalue weighted by Crippen LogP contribution is -2.52. The third-order valence-electron chi connectivity index (χ3n) is 5.70. The zero-order valence-corrected chi connectivity index (χ0v) is 14.9. The molecule has 2 saturated heterocycles. The summed E-state index contributed by atoms with van der Waals surface area (Å²) in [6, 6.07) is 9.78. The van der Waals surface area contributed by atoms with Gasteiger partial charge < -0.3 is 9.80 Å². The molecule has 0 radical (unpaired) electrons. The summed E-state index contributed by atoms with van der Waals surface area (Å²) in [6.45, 7) is 2.02. The fourth-order valence-corrected chi connectivity index (χ4v) is 4.01. The maximum Gasteiger partial charge on any atom is 0.289 e.